The average molecular weight is 305 g/mol. The minimum absolute atomic E-state index is 0.205. The molecule has 1 N–H and O–H groups in total. The SMILES string of the molecule is CCNC(c1ccc(Br)cc1)c1cnccc1C. The second kappa shape index (κ2) is 6.12. The fraction of sp³-hybridized carbons (Fsp3) is 0.267. The van der Waals surface area contributed by atoms with Crippen LogP contribution >= 0.6 is 15.9 Å². The Labute approximate surface area is 117 Å². The van der Waals surface area contributed by atoms with Gasteiger partial charge in [0.05, 0.1) is 6.04 Å². The summed E-state index contributed by atoms with van der Waals surface area (Å²) in [5.74, 6) is 0. The van der Waals surface area contributed by atoms with Crippen molar-refractivity contribution < 1.29 is 0 Å². The zero-order valence-electron chi connectivity index (χ0n) is 10.7. The third kappa shape index (κ3) is 2.98. The van der Waals surface area contributed by atoms with E-state index in [1.54, 1.807) is 0 Å². The number of aromatic nitrogens is 1. The Morgan fingerprint density at radius 3 is 2.56 bits per heavy atom. The molecule has 1 unspecified atom stereocenters. The number of nitrogens with zero attached hydrogens (tertiary/aromatic N) is 1. The van der Waals surface area contributed by atoms with Crippen molar-refractivity contribution >= 4 is 15.9 Å². The first-order valence-corrected chi connectivity index (χ1v) is 6.91. The van der Waals surface area contributed by atoms with Crippen LogP contribution in [0, 0.1) is 6.92 Å². The Hall–Kier alpha value is -1.19. The summed E-state index contributed by atoms with van der Waals surface area (Å²) in [6, 6.07) is 10.7. The fourth-order valence-electron chi connectivity index (χ4n) is 2.05. The van der Waals surface area contributed by atoms with Crippen molar-refractivity contribution in [2.24, 2.45) is 0 Å². The molecule has 1 aromatic carbocycles. The van der Waals surface area contributed by atoms with E-state index in [1.165, 1.54) is 16.7 Å². The highest BCUT2D eigenvalue weighted by atomic mass is 79.9. The summed E-state index contributed by atoms with van der Waals surface area (Å²) in [5.41, 5.74) is 3.76. The molecular formula is C15H17BrN2. The van der Waals surface area contributed by atoms with E-state index in [4.69, 9.17) is 0 Å². The minimum atomic E-state index is 0.205. The monoisotopic (exact) mass is 304 g/mol. The van der Waals surface area contributed by atoms with E-state index in [1.807, 2.05) is 12.4 Å². The second-order valence-electron chi connectivity index (χ2n) is 4.27. The lowest BCUT2D eigenvalue weighted by molar-refractivity contribution is 0.625. The summed E-state index contributed by atoms with van der Waals surface area (Å²) in [6.07, 6.45) is 3.79. The van der Waals surface area contributed by atoms with Crippen molar-refractivity contribution in [1.82, 2.24) is 10.3 Å². The average Bonchev–Trinajstić information content (AvgIpc) is 2.38. The highest BCUT2D eigenvalue weighted by molar-refractivity contribution is 9.10. The summed E-state index contributed by atoms with van der Waals surface area (Å²) in [4.78, 5) is 4.24. The van der Waals surface area contributed by atoms with E-state index in [0.717, 1.165) is 11.0 Å². The van der Waals surface area contributed by atoms with Crippen molar-refractivity contribution in [1.29, 1.82) is 0 Å². The molecule has 0 fully saturated rings. The van der Waals surface area contributed by atoms with E-state index >= 15 is 0 Å². The van der Waals surface area contributed by atoms with E-state index in [2.05, 4.69) is 70.4 Å². The molecule has 0 saturated heterocycles. The maximum Gasteiger partial charge on any atom is 0.0594 e. The number of pyridine rings is 1. The highest BCUT2D eigenvalue weighted by Gasteiger charge is 2.14. The fourth-order valence-corrected chi connectivity index (χ4v) is 2.31. The second-order valence-corrected chi connectivity index (χ2v) is 5.19. The van der Waals surface area contributed by atoms with Crippen LogP contribution in [0.25, 0.3) is 0 Å². The summed E-state index contributed by atoms with van der Waals surface area (Å²) >= 11 is 3.47. The van der Waals surface area contributed by atoms with Crippen molar-refractivity contribution in [2.75, 3.05) is 6.54 Å². The van der Waals surface area contributed by atoms with E-state index in [9.17, 15) is 0 Å². The van der Waals surface area contributed by atoms with Gasteiger partial charge >= 0.3 is 0 Å². The van der Waals surface area contributed by atoms with Crippen LogP contribution in [0.4, 0.5) is 0 Å². The Morgan fingerprint density at radius 2 is 1.94 bits per heavy atom. The largest absolute Gasteiger partial charge is 0.306 e. The van der Waals surface area contributed by atoms with E-state index in [0.29, 0.717) is 0 Å². The molecule has 18 heavy (non-hydrogen) atoms. The Bertz CT molecular complexity index is 508. The molecule has 0 aliphatic carbocycles. The Morgan fingerprint density at radius 1 is 1.22 bits per heavy atom. The summed E-state index contributed by atoms with van der Waals surface area (Å²) < 4.78 is 1.10. The van der Waals surface area contributed by atoms with Gasteiger partial charge in [0.1, 0.15) is 0 Å². The molecule has 3 heteroatoms. The molecule has 2 rings (SSSR count). The maximum atomic E-state index is 4.24. The van der Waals surface area contributed by atoms with Crippen LogP contribution in [0.2, 0.25) is 0 Å². The van der Waals surface area contributed by atoms with Crippen LogP contribution < -0.4 is 5.32 Å². The molecule has 0 spiro atoms. The number of nitrogens with one attached hydrogen (secondary N) is 1. The number of hydrogen-bond donors (Lipinski definition) is 1. The lowest BCUT2D eigenvalue weighted by atomic mass is 9.97. The van der Waals surface area contributed by atoms with Gasteiger partial charge < -0.3 is 5.32 Å². The number of hydrogen-bond acceptors (Lipinski definition) is 2. The van der Waals surface area contributed by atoms with E-state index in [-0.39, 0.29) is 6.04 Å². The highest BCUT2D eigenvalue weighted by Crippen LogP contribution is 2.25. The van der Waals surface area contributed by atoms with Gasteiger partial charge in [-0.15, -0.1) is 0 Å². The van der Waals surface area contributed by atoms with Crippen LogP contribution in [0.5, 0.6) is 0 Å². The third-order valence-corrected chi connectivity index (χ3v) is 3.53. The predicted octanol–water partition coefficient (Wildman–Crippen LogP) is 3.85. The first-order chi connectivity index (χ1) is 8.72. The molecule has 94 valence electrons. The van der Waals surface area contributed by atoms with Gasteiger partial charge in [0.15, 0.2) is 0 Å². The molecule has 0 bridgehead atoms. The first kappa shape index (κ1) is 13.2. The van der Waals surface area contributed by atoms with Gasteiger partial charge in [-0.25, -0.2) is 0 Å². The van der Waals surface area contributed by atoms with Gasteiger partial charge in [-0.1, -0.05) is 35.0 Å². The Kier molecular flexibility index (Phi) is 4.50. The van der Waals surface area contributed by atoms with Crippen LogP contribution in [0.3, 0.4) is 0 Å². The quantitative estimate of drug-likeness (QED) is 0.928. The molecule has 1 heterocycles. The standard InChI is InChI=1S/C15H17BrN2/c1-3-18-15(12-4-6-13(16)7-5-12)14-10-17-9-8-11(14)2/h4-10,15,18H,3H2,1-2H3. The van der Waals surface area contributed by atoms with Crippen molar-refractivity contribution in [3.8, 4) is 0 Å². The lowest BCUT2D eigenvalue weighted by Crippen LogP contribution is -2.22. The zero-order valence-corrected chi connectivity index (χ0v) is 12.2. The van der Waals surface area contributed by atoms with Gasteiger partial charge in [0.2, 0.25) is 0 Å². The number of aryl methyl sites for hydroxylation is 1. The van der Waals surface area contributed by atoms with Gasteiger partial charge in [-0.05, 0) is 48.4 Å². The summed E-state index contributed by atoms with van der Waals surface area (Å²) in [6.45, 7) is 5.17. The van der Waals surface area contributed by atoms with E-state index < -0.39 is 0 Å². The minimum Gasteiger partial charge on any atom is -0.306 e. The topological polar surface area (TPSA) is 24.9 Å². The summed E-state index contributed by atoms with van der Waals surface area (Å²) in [5, 5.41) is 3.52. The maximum absolute atomic E-state index is 4.24. The van der Waals surface area contributed by atoms with Gasteiger partial charge in [-0.3, -0.25) is 4.98 Å². The normalized spacial score (nSPS) is 12.4. The van der Waals surface area contributed by atoms with Crippen LogP contribution in [-0.2, 0) is 0 Å². The number of benzene rings is 1. The van der Waals surface area contributed by atoms with Crippen LogP contribution in [0.15, 0.2) is 47.2 Å². The number of rotatable bonds is 4. The smallest absolute Gasteiger partial charge is 0.0594 e. The third-order valence-electron chi connectivity index (χ3n) is 3.00. The van der Waals surface area contributed by atoms with Gasteiger partial charge in [-0.2, -0.15) is 0 Å². The van der Waals surface area contributed by atoms with Crippen molar-refractivity contribution in [2.45, 2.75) is 19.9 Å². The predicted molar refractivity (Wildman–Crippen MR) is 78.6 cm³/mol. The van der Waals surface area contributed by atoms with Gasteiger partial charge in [0, 0.05) is 16.9 Å². The molecule has 1 atom stereocenters. The molecule has 2 aromatic rings. The molecule has 2 nitrogen and oxygen atoms in total. The number of halogens is 1. The van der Waals surface area contributed by atoms with Crippen molar-refractivity contribution in [3.05, 3.63) is 63.9 Å². The summed E-state index contributed by atoms with van der Waals surface area (Å²) in [7, 11) is 0. The molecule has 0 radical (unpaired) electrons. The molecule has 0 aliphatic rings. The van der Waals surface area contributed by atoms with Crippen LogP contribution in [0.1, 0.15) is 29.7 Å². The van der Waals surface area contributed by atoms with Gasteiger partial charge in [0.25, 0.3) is 0 Å². The molecule has 0 aliphatic heterocycles. The molecular weight excluding hydrogens is 288 g/mol. The molecule has 1 aromatic heterocycles. The zero-order chi connectivity index (χ0) is 13.0. The van der Waals surface area contributed by atoms with Crippen molar-refractivity contribution in [3.63, 3.8) is 0 Å². The first-order valence-electron chi connectivity index (χ1n) is 6.11. The molecule has 0 amide bonds. The van der Waals surface area contributed by atoms with Crippen LogP contribution in [-0.4, -0.2) is 11.5 Å². The Balaban J connectivity index is 2.40. The molecule has 0 saturated carbocycles. The lowest BCUT2D eigenvalue weighted by Gasteiger charge is -2.20.